The van der Waals surface area contributed by atoms with Crippen LogP contribution in [0.25, 0.3) is 0 Å². The molecule has 0 radical (unpaired) electrons. The molecule has 15 heavy (non-hydrogen) atoms. The third kappa shape index (κ3) is 1.48. The van der Waals surface area contributed by atoms with E-state index in [4.69, 9.17) is 0 Å². The number of aliphatic imine (C=N–C) groups is 1. The predicted octanol–water partition coefficient (Wildman–Crippen LogP) is 2.06. The maximum Gasteiger partial charge on any atom is 0.134 e. The van der Waals surface area contributed by atoms with Gasteiger partial charge in [-0.3, -0.25) is 0 Å². The van der Waals surface area contributed by atoms with Gasteiger partial charge in [0, 0.05) is 17.6 Å². The number of rotatable bonds is 0. The van der Waals surface area contributed by atoms with E-state index in [9.17, 15) is 5.11 Å². The van der Waals surface area contributed by atoms with E-state index in [1.54, 1.807) is 0 Å². The minimum absolute atomic E-state index is 0.373. The molecule has 1 saturated heterocycles. The van der Waals surface area contributed by atoms with Gasteiger partial charge in [0.25, 0.3) is 0 Å². The monoisotopic (exact) mass is 266 g/mol. The molecule has 0 aromatic heterocycles. The molecule has 1 aromatic rings. The van der Waals surface area contributed by atoms with E-state index in [-0.39, 0.29) is 6.10 Å². The molecule has 2 heterocycles. The lowest BCUT2D eigenvalue weighted by Crippen LogP contribution is -2.31. The largest absolute Gasteiger partial charge is 0.385 e. The van der Waals surface area contributed by atoms with E-state index in [2.05, 4.69) is 31.9 Å². The highest BCUT2D eigenvalue weighted by atomic mass is 79.9. The van der Waals surface area contributed by atoms with Crippen molar-refractivity contribution in [3.05, 3.63) is 28.2 Å². The molecule has 1 aromatic carbocycles. The smallest absolute Gasteiger partial charge is 0.134 e. The van der Waals surface area contributed by atoms with Gasteiger partial charge in [0.1, 0.15) is 11.9 Å². The molecular weight excluding hydrogens is 256 g/mol. The minimum atomic E-state index is -0.373. The van der Waals surface area contributed by atoms with Crippen LogP contribution in [0.4, 0.5) is 5.69 Å². The summed E-state index contributed by atoms with van der Waals surface area (Å²) < 4.78 is 1.08. The molecule has 2 aliphatic heterocycles. The van der Waals surface area contributed by atoms with E-state index in [1.807, 2.05) is 12.1 Å². The topological polar surface area (TPSA) is 35.8 Å². The number of benzene rings is 1. The zero-order valence-corrected chi connectivity index (χ0v) is 9.74. The van der Waals surface area contributed by atoms with Gasteiger partial charge in [0.15, 0.2) is 0 Å². The average Bonchev–Trinajstić information content (AvgIpc) is 2.57. The van der Waals surface area contributed by atoms with Crippen molar-refractivity contribution in [3.63, 3.8) is 0 Å². The maximum absolute atomic E-state index is 9.72. The summed E-state index contributed by atoms with van der Waals surface area (Å²) in [5, 5.41) is 9.72. The third-order valence-electron chi connectivity index (χ3n) is 2.93. The predicted molar refractivity (Wildman–Crippen MR) is 62.3 cm³/mol. The molecule has 2 aliphatic rings. The van der Waals surface area contributed by atoms with Gasteiger partial charge >= 0.3 is 0 Å². The molecule has 0 aliphatic carbocycles. The van der Waals surface area contributed by atoms with Crippen molar-refractivity contribution in [2.24, 2.45) is 4.99 Å². The Labute approximate surface area is 96.6 Å². The first-order valence-corrected chi connectivity index (χ1v) is 5.83. The van der Waals surface area contributed by atoms with Gasteiger partial charge in [-0.05, 0) is 30.2 Å². The number of halogens is 1. The molecule has 3 nitrogen and oxygen atoms in total. The quantitative estimate of drug-likeness (QED) is 0.781. The molecule has 78 valence electrons. The highest BCUT2D eigenvalue weighted by Gasteiger charge is 2.30. The van der Waals surface area contributed by atoms with Gasteiger partial charge in [-0.1, -0.05) is 15.9 Å². The normalized spacial score (nSPS) is 23.5. The Hall–Kier alpha value is -0.870. The number of hydrogen-bond donors (Lipinski definition) is 1. The van der Waals surface area contributed by atoms with E-state index in [0.717, 1.165) is 35.5 Å². The average molecular weight is 267 g/mol. The van der Waals surface area contributed by atoms with Crippen LogP contribution in [0.3, 0.4) is 0 Å². The molecule has 0 spiro atoms. The standard InChI is InChI=1S/C11H11BrN2O/c12-8-1-2-9-7(5-8)6-14-4-3-10(15)11(14)13-9/h1-2,5,10,15H,3-4,6H2. The van der Waals surface area contributed by atoms with Crippen LogP contribution < -0.4 is 0 Å². The highest BCUT2D eigenvalue weighted by molar-refractivity contribution is 9.10. The molecular formula is C11H11BrN2O. The van der Waals surface area contributed by atoms with Crippen LogP contribution in [-0.4, -0.2) is 28.5 Å². The van der Waals surface area contributed by atoms with Gasteiger partial charge in [0.05, 0.1) is 5.69 Å². The fraction of sp³-hybridized carbons (Fsp3) is 0.364. The van der Waals surface area contributed by atoms with Gasteiger partial charge < -0.3 is 10.0 Å². The lowest BCUT2D eigenvalue weighted by atomic mass is 10.1. The number of fused-ring (bicyclic) bond motifs is 2. The summed E-state index contributed by atoms with van der Waals surface area (Å²) in [7, 11) is 0. The molecule has 1 atom stereocenters. The van der Waals surface area contributed by atoms with Gasteiger partial charge in [0.2, 0.25) is 0 Å². The molecule has 0 amide bonds. The van der Waals surface area contributed by atoms with Crippen LogP contribution in [0.1, 0.15) is 12.0 Å². The number of nitrogens with zero attached hydrogens (tertiary/aromatic N) is 2. The number of hydrogen-bond acceptors (Lipinski definition) is 3. The van der Waals surface area contributed by atoms with E-state index < -0.39 is 0 Å². The van der Waals surface area contributed by atoms with Crippen LogP contribution in [0, 0.1) is 0 Å². The van der Waals surface area contributed by atoms with E-state index in [1.165, 1.54) is 5.56 Å². The lowest BCUT2D eigenvalue weighted by Gasteiger charge is -2.25. The summed E-state index contributed by atoms with van der Waals surface area (Å²) in [5.41, 5.74) is 2.22. The van der Waals surface area contributed by atoms with Crippen molar-refractivity contribution in [1.82, 2.24) is 4.90 Å². The first-order chi connectivity index (χ1) is 7.24. The highest BCUT2D eigenvalue weighted by Crippen LogP contribution is 2.32. The van der Waals surface area contributed by atoms with Crippen molar-refractivity contribution in [2.45, 2.75) is 19.1 Å². The Balaban J connectivity index is 2.08. The zero-order valence-electron chi connectivity index (χ0n) is 8.15. The minimum Gasteiger partial charge on any atom is -0.385 e. The van der Waals surface area contributed by atoms with Gasteiger partial charge in [-0.15, -0.1) is 0 Å². The van der Waals surface area contributed by atoms with Crippen molar-refractivity contribution in [2.75, 3.05) is 6.54 Å². The zero-order chi connectivity index (χ0) is 10.4. The second-order valence-electron chi connectivity index (χ2n) is 3.97. The second-order valence-corrected chi connectivity index (χ2v) is 4.88. The maximum atomic E-state index is 9.72. The van der Waals surface area contributed by atoms with Crippen molar-refractivity contribution >= 4 is 27.5 Å². The Kier molecular flexibility index (Phi) is 2.07. The molecule has 4 heteroatoms. The fourth-order valence-corrected chi connectivity index (χ4v) is 2.57. The molecule has 1 unspecified atom stereocenters. The van der Waals surface area contributed by atoms with Gasteiger partial charge in [-0.2, -0.15) is 0 Å². The fourth-order valence-electron chi connectivity index (χ4n) is 2.16. The molecule has 0 bridgehead atoms. The Morgan fingerprint density at radius 3 is 3.20 bits per heavy atom. The number of aliphatic hydroxyl groups is 1. The molecule has 3 rings (SSSR count). The third-order valence-corrected chi connectivity index (χ3v) is 3.43. The van der Waals surface area contributed by atoms with Crippen LogP contribution in [0.5, 0.6) is 0 Å². The summed E-state index contributed by atoms with van der Waals surface area (Å²) in [6, 6.07) is 6.08. The molecule has 1 fully saturated rings. The number of amidine groups is 1. The summed E-state index contributed by atoms with van der Waals surface area (Å²) in [5.74, 6) is 0.838. The van der Waals surface area contributed by atoms with E-state index in [0.29, 0.717) is 0 Å². The van der Waals surface area contributed by atoms with Crippen LogP contribution in [0.2, 0.25) is 0 Å². The summed E-state index contributed by atoms with van der Waals surface area (Å²) >= 11 is 3.46. The van der Waals surface area contributed by atoms with E-state index >= 15 is 0 Å². The van der Waals surface area contributed by atoms with Crippen molar-refractivity contribution < 1.29 is 5.11 Å². The summed E-state index contributed by atoms with van der Waals surface area (Å²) in [6.45, 7) is 1.77. The Bertz CT molecular complexity index is 444. The van der Waals surface area contributed by atoms with Crippen LogP contribution in [-0.2, 0) is 6.54 Å². The summed E-state index contributed by atoms with van der Waals surface area (Å²) in [4.78, 5) is 6.65. The van der Waals surface area contributed by atoms with Gasteiger partial charge in [-0.25, -0.2) is 4.99 Å². The summed E-state index contributed by atoms with van der Waals surface area (Å²) in [6.07, 6.45) is 0.426. The Morgan fingerprint density at radius 2 is 2.33 bits per heavy atom. The van der Waals surface area contributed by atoms with Crippen molar-refractivity contribution in [1.29, 1.82) is 0 Å². The first-order valence-electron chi connectivity index (χ1n) is 5.04. The first kappa shape index (κ1) is 9.36. The molecule has 1 N–H and O–H groups in total. The number of aliphatic hydroxyl groups excluding tert-OH is 1. The Morgan fingerprint density at radius 1 is 1.47 bits per heavy atom. The van der Waals surface area contributed by atoms with Crippen LogP contribution >= 0.6 is 15.9 Å². The van der Waals surface area contributed by atoms with Crippen LogP contribution in [0.15, 0.2) is 27.7 Å². The SMILES string of the molecule is OC1CCN2Cc3cc(Br)ccc3N=C12. The lowest BCUT2D eigenvalue weighted by molar-refractivity contribution is 0.245. The molecule has 0 saturated carbocycles. The van der Waals surface area contributed by atoms with Crippen molar-refractivity contribution in [3.8, 4) is 0 Å². The second kappa shape index (κ2) is 3.32.